The van der Waals surface area contributed by atoms with E-state index in [1.165, 1.54) is 12.3 Å². The molecule has 0 aromatic carbocycles. The molecule has 2 nitrogen and oxygen atoms in total. The molecule has 0 N–H and O–H groups in total. The number of carbonyl (C=O) groups is 1. The Morgan fingerprint density at radius 3 is 2.60 bits per heavy atom. The van der Waals surface area contributed by atoms with Gasteiger partial charge in [-0.25, -0.2) is 0 Å². The first-order valence-corrected chi connectivity index (χ1v) is 3.32. The first kappa shape index (κ1) is 8.95. The van der Waals surface area contributed by atoms with Gasteiger partial charge in [0.25, 0.3) is 0 Å². The molecule has 0 atom stereocenters. The van der Waals surface area contributed by atoms with Gasteiger partial charge in [-0.2, -0.15) is 0 Å². The van der Waals surface area contributed by atoms with E-state index in [4.69, 9.17) is 0 Å². The van der Waals surface area contributed by atoms with E-state index in [1.807, 2.05) is 13.8 Å². The highest BCUT2D eigenvalue weighted by Crippen LogP contribution is 1.90. The maximum absolute atomic E-state index is 11.0. The summed E-state index contributed by atoms with van der Waals surface area (Å²) in [6, 6.07) is 0. The molecular formula is C8H13NO. The maximum Gasteiger partial charge on any atom is 0.250 e. The highest BCUT2D eigenvalue weighted by molar-refractivity contribution is 5.88. The van der Waals surface area contributed by atoms with Gasteiger partial charge < -0.3 is 4.90 Å². The van der Waals surface area contributed by atoms with Crippen LogP contribution in [-0.2, 0) is 4.79 Å². The summed E-state index contributed by atoms with van der Waals surface area (Å²) in [6.45, 7) is 7.90. The smallest absolute Gasteiger partial charge is 0.250 e. The third-order valence-corrected chi connectivity index (χ3v) is 1.15. The predicted molar refractivity (Wildman–Crippen MR) is 42.4 cm³/mol. The van der Waals surface area contributed by atoms with Crippen LogP contribution in [0, 0.1) is 0 Å². The van der Waals surface area contributed by atoms with Crippen LogP contribution in [0.4, 0.5) is 0 Å². The van der Waals surface area contributed by atoms with Crippen LogP contribution in [-0.4, -0.2) is 17.4 Å². The molecule has 0 heterocycles. The largest absolute Gasteiger partial charge is 0.316 e. The number of hydrogen-bond acceptors (Lipinski definition) is 1. The molecule has 0 saturated heterocycles. The molecule has 0 unspecified atom stereocenters. The van der Waals surface area contributed by atoms with Crippen molar-refractivity contribution in [2.45, 2.75) is 13.8 Å². The fraction of sp³-hybridized carbons (Fsp3) is 0.375. The lowest BCUT2D eigenvalue weighted by Crippen LogP contribution is -2.22. The van der Waals surface area contributed by atoms with E-state index in [9.17, 15) is 4.79 Å². The lowest BCUT2D eigenvalue weighted by molar-refractivity contribution is -0.123. The third kappa shape index (κ3) is 2.49. The van der Waals surface area contributed by atoms with E-state index in [2.05, 4.69) is 6.58 Å². The van der Waals surface area contributed by atoms with Gasteiger partial charge in [0.15, 0.2) is 0 Å². The second kappa shape index (κ2) is 4.79. The monoisotopic (exact) mass is 139 g/mol. The van der Waals surface area contributed by atoms with Crippen molar-refractivity contribution < 1.29 is 4.79 Å². The summed E-state index contributed by atoms with van der Waals surface area (Å²) in [6.07, 6.45) is 4.77. The fourth-order valence-corrected chi connectivity index (χ4v) is 0.613. The summed E-state index contributed by atoms with van der Waals surface area (Å²) >= 11 is 0. The number of hydrogen-bond donors (Lipinski definition) is 0. The van der Waals surface area contributed by atoms with E-state index in [-0.39, 0.29) is 5.91 Å². The van der Waals surface area contributed by atoms with Crippen LogP contribution in [0.3, 0.4) is 0 Å². The predicted octanol–water partition coefficient (Wildman–Crippen LogP) is 1.55. The number of likely N-dealkylation sites (N-methyl/N-ethyl adjacent to an activating group) is 1. The van der Waals surface area contributed by atoms with Gasteiger partial charge in [0, 0.05) is 6.54 Å². The molecule has 56 valence electrons. The molecule has 0 aromatic rings. The molecule has 2 heteroatoms. The number of carbonyl (C=O) groups excluding carboxylic acids is 1. The summed E-state index contributed by atoms with van der Waals surface area (Å²) in [7, 11) is 0. The average Bonchev–Trinajstić information content (AvgIpc) is 1.91. The van der Waals surface area contributed by atoms with Crippen molar-refractivity contribution >= 4 is 5.91 Å². The molecule has 0 spiro atoms. The van der Waals surface area contributed by atoms with E-state index in [1.54, 1.807) is 11.0 Å². The van der Waals surface area contributed by atoms with Crippen molar-refractivity contribution in [3.8, 4) is 0 Å². The normalized spacial score (nSPS) is 9.80. The zero-order valence-corrected chi connectivity index (χ0v) is 6.50. The molecule has 0 aromatic heterocycles. The van der Waals surface area contributed by atoms with E-state index in [0.29, 0.717) is 6.54 Å². The lowest BCUT2D eigenvalue weighted by atomic mass is 10.4. The first-order chi connectivity index (χ1) is 4.76. The van der Waals surface area contributed by atoms with Gasteiger partial charge in [-0.1, -0.05) is 12.7 Å². The van der Waals surface area contributed by atoms with Crippen molar-refractivity contribution in [3.63, 3.8) is 0 Å². The highest BCUT2D eigenvalue weighted by Gasteiger charge is 2.00. The van der Waals surface area contributed by atoms with Crippen molar-refractivity contribution in [2.75, 3.05) is 6.54 Å². The quantitative estimate of drug-likeness (QED) is 0.543. The Morgan fingerprint density at radius 2 is 2.30 bits per heavy atom. The standard InChI is InChI=1S/C8H13NO/c1-4-7-8(10)9(5-2)6-3/h4-5,7H,2,6H2,1,3H3/b7-4-. The fourth-order valence-electron chi connectivity index (χ4n) is 0.613. The van der Waals surface area contributed by atoms with E-state index in [0.717, 1.165) is 0 Å². The zero-order valence-electron chi connectivity index (χ0n) is 6.50. The van der Waals surface area contributed by atoms with Gasteiger partial charge in [-0.3, -0.25) is 4.79 Å². The van der Waals surface area contributed by atoms with E-state index < -0.39 is 0 Å². The third-order valence-electron chi connectivity index (χ3n) is 1.15. The Hall–Kier alpha value is -1.05. The summed E-state index contributed by atoms with van der Waals surface area (Å²) in [5, 5.41) is 0. The first-order valence-electron chi connectivity index (χ1n) is 3.32. The van der Waals surface area contributed by atoms with E-state index >= 15 is 0 Å². The molecule has 0 radical (unpaired) electrons. The Kier molecular flexibility index (Phi) is 4.29. The molecule has 10 heavy (non-hydrogen) atoms. The average molecular weight is 139 g/mol. The number of allylic oxidation sites excluding steroid dienone is 1. The summed E-state index contributed by atoms with van der Waals surface area (Å²) in [5.41, 5.74) is 0. The molecule has 0 aliphatic rings. The van der Waals surface area contributed by atoms with Gasteiger partial charge in [-0.15, -0.1) is 0 Å². The molecule has 0 aliphatic heterocycles. The molecule has 0 rings (SSSR count). The van der Waals surface area contributed by atoms with Crippen molar-refractivity contribution in [1.82, 2.24) is 4.90 Å². The number of nitrogens with zero attached hydrogens (tertiary/aromatic N) is 1. The summed E-state index contributed by atoms with van der Waals surface area (Å²) in [4.78, 5) is 12.5. The Bertz CT molecular complexity index is 149. The van der Waals surface area contributed by atoms with Crippen molar-refractivity contribution in [2.24, 2.45) is 0 Å². The van der Waals surface area contributed by atoms with Crippen LogP contribution in [0.15, 0.2) is 24.9 Å². The zero-order chi connectivity index (χ0) is 7.98. The van der Waals surface area contributed by atoms with Gasteiger partial charge in [0.1, 0.15) is 0 Å². The van der Waals surface area contributed by atoms with Crippen molar-refractivity contribution in [1.29, 1.82) is 0 Å². The minimum absolute atomic E-state index is 0.0139. The van der Waals surface area contributed by atoms with Crippen LogP contribution in [0.2, 0.25) is 0 Å². The summed E-state index contributed by atoms with van der Waals surface area (Å²) < 4.78 is 0. The molecule has 0 bridgehead atoms. The molecule has 0 aliphatic carbocycles. The molecule has 0 saturated carbocycles. The highest BCUT2D eigenvalue weighted by atomic mass is 16.2. The Morgan fingerprint density at radius 1 is 1.70 bits per heavy atom. The second-order valence-electron chi connectivity index (χ2n) is 1.81. The minimum Gasteiger partial charge on any atom is -0.316 e. The molecular weight excluding hydrogens is 126 g/mol. The van der Waals surface area contributed by atoms with Crippen LogP contribution in [0.1, 0.15) is 13.8 Å². The topological polar surface area (TPSA) is 20.3 Å². The SMILES string of the molecule is C=CN(CC)C(=O)/C=C\C. The van der Waals surface area contributed by atoms with Gasteiger partial charge in [0.05, 0.1) is 0 Å². The van der Waals surface area contributed by atoms with Crippen LogP contribution in [0.5, 0.6) is 0 Å². The van der Waals surface area contributed by atoms with Gasteiger partial charge in [0.2, 0.25) is 5.91 Å². The molecule has 1 amide bonds. The van der Waals surface area contributed by atoms with Gasteiger partial charge in [-0.05, 0) is 26.1 Å². The van der Waals surface area contributed by atoms with Gasteiger partial charge >= 0.3 is 0 Å². The maximum atomic E-state index is 11.0. The van der Waals surface area contributed by atoms with Crippen LogP contribution in [0.25, 0.3) is 0 Å². The summed E-state index contributed by atoms with van der Waals surface area (Å²) in [5.74, 6) is -0.0139. The minimum atomic E-state index is -0.0139. The van der Waals surface area contributed by atoms with Crippen LogP contribution >= 0.6 is 0 Å². The number of rotatable bonds is 3. The van der Waals surface area contributed by atoms with Crippen LogP contribution < -0.4 is 0 Å². The number of amides is 1. The van der Waals surface area contributed by atoms with Crippen molar-refractivity contribution in [3.05, 3.63) is 24.9 Å². The Balaban J connectivity index is 4.01. The second-order valence-corrected chi connectivity index (χ2v) is 1.81. The molecule has 0 fully saturated rings. The lowest BCUT2D eigenvalue weighted by Gasteiger charge is -2.11. The Labute approximate surface area is 61.8 Å².